The number of hydrogen-bond acceptors (Lipinski definition) is 5. The molecule has 162 valence electrons. The van der Waals surface area contributed by atoms with Crippen LogP contribution in [0.4, 0.5) is 5.69 Å². The quantitative estimate of drug-likeness (QED) is 0.732. The Hall–Kier alpha value is -2.12. The zero-order valence-electron chi connectivity index (χ0n) is 18.2. The zero-order chi connectivity index (χ0) is 20.7. The van der Waals surface area contributed by atoms with E-state index in [1.165, 1.54) is 12.8 Å². The van der Waals surface area contributed by atoms with Gasteiger partial charge in [0.25, 0.3) is 0 Å². The van der Waals surface area contributed by atoms with Gasteiger partial charge in [0.2, 0.25) is 5.91 Å². The van der Waals surface area contributed by atoms with Crippen LogP contribution in [-0.4, -0.2) is 63.8 Å². The number of carbonyl (C=O) groups is 1. The van der Waals surface area contributed by atoms with Crippen LogP contribution in [-0.2, 0) is 24.8 Å². The Bertz CT molecular complexity index is 891. The van der Waals surface area contributed by atoms with Crippen molar-refractivity contribution in [3.05, 3.63) is 36.0 Å². The fourth-order valence-corrected chi connectivity index (χ4v) is 5.12. The summed E-state index contributed by atoms with van der Waals surface area (Å²) in [5, 5.41) is 4.30. The van der Waals surface area contributed by atoms with Crippen LogP contribution >= 0.6 is 0 Å². The fraction of sp³-hybridized carbons (Fsp3) is 0.652. The average Bonchev–Trinajstić information content (AvgIpc) is 3.28. The van der Waals surface area contributed by atoms with E-state index >= 15 is 0 Å². The number of likely N-dealkylation sites (tertiary alicyclic amines) is 1. The molecule has 0 radical (unpaired) electrons. The van der Waals surface area contributed by atoms with Gasteiger partial charge in [-0.15, -0.1) is 0 Å². The van der Waals surface area contributed by atoms with E-state index in [-0.39, 0.29) is 11.4 Å². The summed E-state index contributed by atoms with van der Waals surface area (Å²) in [5.74, 6) is 3.13. The molecule has 2 aromatic rings. The molecule has 3 aliphatic rings. The Morgan fingerprint density at radius 3 is 2.53 bits per heavy atom. The zero-order valence-corrected chi connectivity index (χ0v) is 18.2. The van der Waals surface area contributed by atoms with Crippen molar-refractivity contribution < 1.29 is 9.21 Å². The summed E-state index contributed by atoms with van der Waals surface area (Å²) in [4.78, 5) is 20.8. The van der Waals surface area contributed by atoms with Crippen LogP contribution < -0.4 is 4.90 Å². The summed E-state index contributed by atoms with van der Waals surface area (Å²) in [7, 11) is 1.91. The number of amides is 1. The summed E-state index contributed by atoms with van der Waals surface area (Å²) in [5.41, 5.74) is 0.559. The number of piperazine rings is 1. The molecular weight excluding hydrogens is 378 g/mol. The van der Waals surface area contributed by atoms with Gasteiger partial charge in [-0.2, -0.15) is 5.10 Å². The summed E-state index contributed by atoms with van der Waals surface area (Å²) in [6.07, 6.45) is 9.11. The first kappa shape index (κ1) is 19.8. The molecule has 4 heterocycles. The van der Waals surface area contributed by atoms with Crippen LogP contribution in [0.2, 0.25) is 0 Å². The van der Waals surface area contributed by atoms with Crippen molar-refractivity contribution in [3.8, 4) is 0 Å². The van der Waals surface area contributed by atoms with Crippen molar-refractivity contribution in [2.24, 2.45) is 13.0 Å². The highest BCUT2D eigenvalue weighted by Crippen LogP contribution is 2.39. The maximum absolute atomic E-state index is 13.8. The molecule has 1 spiro atoms. The van der Waals surface area contributed by atoms with Gasteiger partial charge in [-0.05, 0) is 43.7 Å². The third kappa shape index (κ3) is 3.69. The van der Waals surface area contributed by atoms with Crippen LogP contribution in [0.5, 0.6) is 0 Å². The number of aromatic nitrogens is 2. The maximum Gasteiger partial charge on any atom is 0.247 e. The Kier molecular flexibility index (Phi) is 5.19. The summed E-state index contributed by atoms with van der Waals surface area (Å²) in [6.45, 7) is 7.59. The Morgan fingerprint density at radius 1 is 1.13 bits per heavy atom. The lowest BCUT2D eigenvalue weighted by Gasteiger charge is -2.52. The molecule has 30 heavy (non-hydrogen) atoms. The molecule has 0 atom stereocenters. The molecule has 1 amide bonds. The van der Waals surface area contributed by atoms with Gasteiger partial charge in [0.1, 0.15) is 17.1 Å². The number of anilines is 1. The SMILES string of the molecule is CCc1ccc(CN2CCC3(CC2)C(=O)N(c2cnn(C)c2)CCN3CC2CC2)o1. The van der Waals surface area contributed by atoms with E-state index in [0.717, 1.165) is 81.7 Å². The minimum Gasteiger partial charge on any atom is -0.465 e. The highest BCUT2D eigenvalue weighted by molar-refractivity contribution is 6.01. The predicted molar refractivity (Wildman–Crippen MR) is 115 cm³/mol. The number of rotatable bonds is 6. The molecule has 1 saturated carbocycles. The van der Waals surface area contributed by atoms with Crippen molar-refractivity contribution in [2.75, 3.05) is 37.6 Å². The van der Waals surface area contributed by atoms with E-state index in [9.17, 15) is 4.79 Å². The van der Waals surface area contributed by atoms with E-state index in [4.69, 9.17) is 4.42 Å². The highest BCUT2D eigenvalue weighted by atomic mass is 16.3. The molecule has 0 N–H and O–H groups in total. The largest absolute Gasteiger partial charge is 0.465 e. The molecule has 1 aliphatic carbocycles. The molecular formula is C23H33N5O2. The Morgan fingerprint density at radius 2 is 1.90 bits per heavy atom. The van der Waals surface area contributed by atoms with E-state index in [1.807, 2.05) is 24.3 Å². The lowest BCUT2D eigenvalue weighted by Crippen LogP contribution is -2.69. The Balaban J connectivity index is 1.32. The molecule has 0 unspecified atom stereocenters. The van der Waals surface area contributed by atoms with Gasteiger partial charge in [0.15, 0.2) is 0 Å². The first-order valence-electron chi connectivity index (χ1n) is 11.4. The minimum absolute atomic E-state index is 0.272. The fourth-order valence-electron chi connectivity index (χ4n) is 5.12. The smallest absolute Gasteiger partial charge is 0.247 e. The summed E-state index contributed by atoms with van der Waals surface area (Å²) in [6, 6.07) is 4.17. The van der Waals surface area contributed by atoms with Crippen molar-refractivity contribution in [1.82, 2.24) is 19.6 Å². The second-order valence-electron chi connectivity index (χ2n) is 9.25. The Labute approximate surface area is 178 Å². The third-order valence-electron chi connectivity index (χ3n) is 7.15. The number of aryl methyl sites for hydroxylation is 2. The number of carbonyl (C=O) groups excluding carboxylic acids is 1. The number of piperidine rings is 1. The van der Waals surface area contributed by atoms with Gasteiger partial charge in [0.05, 0.1) is 18.4 Å². The summed E-state index contributed by atoms with van der Waals surface area (Å²) >= 11 is 0. The number of nitrogens with zero attached hydrogens (tertiary/aromatic N) is 5. The second-order valence-corrected chi connectivity index (χ2v) is 9.25. The lowest BCUT2D eigenvalue weighted by molar-refractivity contribution is -0.138. The van der Waals surface area contributed by atoms with Gasteiger partial charge >= 0.3 is 0 Å². The second kappa shape index (κ2) is 7.85. The van der Waals surface area contributed by atoms with Crippen LogP contribution in [0.1, 0.15) is 44.1 Å². The molecule has 0 aromatic carbocycles. The molecule has 5 rings (SSSR count). The number of furan rings is 1. The molecule has 0 bridgehead atoms. The van der Waals surface area contributed by atoms with Crippen LogP contribution in [0, 0.1) is 5.92 Å². The topological polar surface area (TPSA) is 57.8 Å². The molecule has 7 heteroatoms. The number of hydrogen-bond donors (Lipinski definition) is 0. The maximum atomic E-state index is 13.8. The standard InChI is InChI=1S/C23H33N5O2/c1-3-20-6-7-21(30-20)17-26-10-8-23(9-11-26)22(29)28(19-14-24-25(2)16-19)13-12-27(23)15-18-4-5-18/h6-7,14,16,18H,3-5,8-13,15,17H2,1-2H3. The monoisotopic (exact) mass is 411 g/mol. The molecule has 2 aromatic heterocycles. The molecule has 3 fully saturated rings. The van der Waals surface area contributed by atoms with Crippen molar-refractivity contribution in [1.29, 1.82) is 0 Å². The molecule has 2 saturated heterocycles. The molecule has 2 aliphatic heterocycles. The average molecular weight is 412 g/mol. The normalized spacial score (nSPS) is 22.9. The van der Waals surface area contributed by atoms with Crippen LogP contribution in [0.25, 0.3) is 0 Å². The van der Waals surface area contributed by atoms with E-state index in [0.29, 0.717) is 0 Å². The lowest BCUT2D eigenvalue weighted by atomic mass is 9.82. The van der Waals surface area contributed by atoms with E-state index in [2.05, 4.69) is 34.0 Å². The predicted octanol–water partition coefficient (Wildman–Crippen LogP) is 2.67. The van der Waals surface area contributed by atoms with Crippen LogP contribution in [0.15, 0.2) is 28.9 Å². The summed E-state index contributed by atoms with van der Waals surface area (Å²) < 4.78 is 7.70. The van der Waals surface area contributed by atoms with Gasteiger partial charge in [-0.25, -0.2) is 0 Å². The van der Waals surface area contributed by atoms with Crippen molar-refractivity contribution in [2.45, 2.75) is 51.1 Å². The third-order valence-corrected chi connectivity index (χ3v) is 7.15. The van der Waals surface area contributed by atoms with E-state index in [1.54, 1.807) is 4.68 Å². The van der Waals surface area contributed by atoms with Gasteiger partial charge in [-0.1, -0.05) is 6.92 Å². The van der Waals surface area contributed by atoms with E-state index < -0.39 is 0 Å². The minimum atomic E-state index is -0.370. The first-order chi connectivity index (χ1) is 14.6. The van der Waals surface area contributed by atoms with Gasteiger partial charge in [0, 0.05) is 52.4 Å². The van der Waals surface area contributed by atoms with Gasteiger partial charge < -0.3 is 9.32 Å². The molecule has 7 nitrogen and oxygen atoms in total. The van der Waals surface area contributed by atoms with Crippen LogP contribution in [0.3, 0.4) is 0 Å². The first-order valence-corrected chi connectivity index (χ1v) is 11.4. The van der Waals surface area contributed by atoms with Crippen molar-refractivity contribution >= 4 is 11.6 Å². The van der Waals surface area contributed by atoms with Crippen molar-refractivity contribution in [3.63, 3.8) is 0 Å². The van der Waals surface area contributed by atoms with Gasteiger partial charge in [-0.3, -0.25) is 19.3 Å². The highest BCUT2D eigenvalue weighted by Gasteiger charge is 2.52.